The van der Waals surface area contributed by atoms with Crippen LogP contribution in [-0.4, -0.2) is 53.4 Å². The number of hydrogen-bond acceptors (Lipinski definition) is 3. The zero-order chi connectivity index (χ0) is 16.8. The predicted molar refractivity (Wildman–Crippen MR) is 96.4 cm³/mol. The van der Waals surface area contributed by atoms with Crippen molar-refractivity contribution in [2.24, 2.45) is 0 Å². The van der Waals surface area contributed by atoms with Gasteiger partial charge in [-0.1, -0.05) is 23.7 Å². The van der Waals surface area contributed by atoms with Gasteiger partial charge in [-0.05, 0) is 49.2 Å². The summed E-state index contributed by atoms with van der Waals surface area (Å²) in [5.41, 5.74) is 2.01. The van der Waals surface area contributed by atoms with Crippen LogP contribution in [0.3, 0.4) is 0 Å². The Morgan fingerprint density at radius 3 is 2.54 bits per heavy atom. The largest absolute Gasteiger partial charge is 0.336 e. The Morgan fingerprint density at radius 2 is 1.83 bits per heavy atom. The molecule has 1 aliphatic rings. The summed E-state index contributed by atoms with van der Waals surface area (Å²) in [6, 6.07) is 11.6. The maximum Gasteiger partial charge on any atom is 0.254 e. The highest BCUT2D eigenvalue weighted by Gasteiger charge is 2.21. The summed E-state index contributed by atoms with van der Waals surface area (Å²) in [7, 11) is 0. The van der Waals surface area contributed by atoms with Crippen LogP contribution in [0.2, 0.25) is 5.02 Å². The number of pyridine rings is 1. The molecule has 0 atom stereocenters. The van der Waals surface area contributed by atoms with E-state index in [-0.39, 0.29) is 5.91 Å². The third kappa shape index (κ3) is 4.56. The lowest BCUT2D eigenvalue weighted by Crippen LogP contribution is -2.48. The summed E-state index contributed by atoms with van der Waals surface area (Å²) in [4.78, 5) is 20.7. The zero-order valence-corrected chi connectivity index (χ0v) is 14.5. The third-order valence-corrected chi connectivity index (χ3v) is 4.65. The molecule has 0 spiro atoms. The maximum atomic E-state index is 12.4. The minimum absolute atomic E-state index is 0.107. The number of nitrogens with zero attached hydrogens (tertiary/aromatic N) is 3. The first-order valence-corrected chi connectivity index (χ1v) is 8.76. The summed E-state index contributed by atoms with van der Waals surface area (Å²) in [6.45, 7) is 4.51. The summed E-state index contributed by atoms with van der Waals surface area (Å²) in [5, 5.41) is 0.802. The van der Waals surface area contributed by atoms with E-state index in [0.717, 1.165) is 56.2 Å². The van der Waals surface area contributed by atoms with Crippen molar-refractivity contribution in [3.63, 3.8) is 0 Å². The Labute approximate surface area is 148 Å². The summed E-state index contributed by atoms with van der Waals surface area (Å²) in [6.07, 6.45) is 5.48. The first kappa shape index (κ1) is 16.9. The van der Waals surface area contributed by atoms with Crippen LogP contribution in [0.25, 0.3) is 0 Å². The van der Waals surface area contributed by atoms with Crippen molar-refractivity contribution in [1.29, 1.82) is 0 Å². The molecule has 0 N–H and O–H groups in total. The quantitative estimate of drug-likeness (QED) is 0.837. The molecule has 3 rings (SSSR count). The standard InChI is InChI=1S/C19H22ClN3O/c20-18-5-1-3-16(15-18)4-2-10-22-11-13-23(14-12-22)19(24)17-6-8-21-9-7-17/h1,3,5-9,15H,2,4,10-14H2. The van der Waals surface area contributed by atoms with Gasteiger partial charge in [-0.15, -0.1) is 0 Å². The maximum absolute atomic E-state index is 12.4. The van der Waals surface area contributed by atoms with Crippen molar-refractivity contribution in [3.8, 4) is 0 Å². The van der Waals surface area contributed by atoms with Crippen molar-refractivity contribution in [2.45, 2.75) is 12.8 Å². The van der Waals surface area contributed by atoms with Gasteiger partial charge in [-0.25, -0.2) is 0 Å². The van der Waals surface area contributed by atoms with Crippen LogP contribution in [-0.2, 0) is 6.42 Å². The van der Waals surface area contributed by atoms with E-state index in [0.29, 0.717) is 0 Å². The Hall–Kier alpha value is -1.91. The fourth-order valence-electron chi connectivity index (χ4n) is 3.05. The fraction of sp³-hybridized carbons (Fsp3) is 0.368. The zero-order valence-electron chi connectivity index (χ0n) is 13.7. The number of rotatable bonds is 5. The SMILES string of the molecule is O=C(c1ccncc1)N1CCN(CCCc2cccc(Cl)c2)CC1. The van der Waals surface area contributed by atoms with E-state index >= 15 is 0 Å². The average molecular weight is 344 g/mol. The van der Waals surface area contributed by atoms with Gasteiger partial charge in [0.05, 0.1) is 0 Å². The van der Waals surface area contributed by atoms with Crippen molar-refractivity contribution in [3.05, 3.63) is 64.9 Å². The van der Waals surface area contributed by atoms with Crippen LogP contribution in [0.1, 0.15) is 22.3 Å². The molecule has 1 aromatic carbocycles. The van der Waals surface area contributed by atoms with Crippen molar-refractivity contribution in [2.75, 3.05) is 32.7 Å². The molecular formula is C19H22ClN3O. The van der Waals surface area contributed by atoms with Gasteiger partial charge < -0.3 is 4.90 Å². The van der Waals surface area contributed by atoms with Gasteiger partial charge >= 0.3 is 0 Å². The number of hydrogen-bond donors (Lipinski definition) is 0. The smallest absolute Gasteiger partial charge is 0.254 e. The fourth-order valence-corrected chi connectivity index (χ4v) is 3.26. The predicted octanol–water partition coefficient (Wildman–Crippen LogP) is 3.13. The number of aryl methyl sites for hydroxylation is 1. The van der Waals surface area contributed by atoms with E-state index in [1.807, 2.05) is 23.1 Å². The number of aromatic nitrogens is 1. The molecule has 5 heteroatoms. The second kappa shape index (κ2) is 8.27. The van der Waals surface area contributed by atoms with Crippen LogP contribution >= 0.6 is 11.6 Å². The Morgan fingerprint density at radius 1 is 1.08 bits per heavy atom. The van der Waals surface area contributed by atoms with Crippen molar-refractivity contribution >= 4 is 17.5 Å². The minimum atomic E-state index is 0.107. The Kier molecular flexibility index (Phi) is 5.83. The highest BCUT2D eigenvalue weighted by atomic mass is 35.5. The first-order valence-electron chi connectivity index (χ1n) is 8.38. The molecule has 0 aliphatic carbocycles. The molecular weight excluding hydrogens is 322 g/mol. The topological polar surface area (TPSA) is 36.4 Å². The highest BCUT2D eigenvalue weighted by Crippen LogP contribution is 2.13. The van der Waals surface area contributed by atoms with Crippen molar-refractivity contribution < 1.29 is 4.79 Å². The minimum Gasteiger partial charge on any atom is -0.336 e. The van der Waals surface area contributed by atoms with E-state index in [4.69, 9.17) is 11.6 Å². The number of carbonyl (C=O) groups is 1. The summed E-state index contributed by atoms with van der Waals surface area (Å²) >= 11 is 6.02. The van der Waals surface area contributed by atoms with Gasteiger partial charge in [-0.2, -0.15) is 0 Å². The highest BCUT2D eigenvalue weighted by molar-refractivity contribution is 6.30. The molecule has 1 amide bonds. The molecule has 1 fully saturated rings. The molecule has 0 unspecified atom stereocenters. The second-order valence-corrected chi connectivity index (χ2v) is 6.54. The van der Waals surface area contributed by atoms with Crippen LogP contribution in [0.4, 0.5) is 0 Å². The first-order chi connectivity index (χ1) is 11.7. The van der Waals surface area contributed by atoms with Crippen LogP contribution < -0.4 is 0 Å². The molecule has 0 saturated carbocycles. The molecule has 1 saturated heterocycles. The summed E-state index contributed by atoms with van der Waals surface area (Å²) in [5.74, 6) is 0.107. The molecule has 126 valence electrons. The van der Waals surface area contributed by atoms with Crippen LogP contribution in [0.15, 0.2) is 48.8 Å². The van der Waals surface area contributed by atoms with E-state index in [9.17, 15) is 4.79 Å². The van der Waals surface area contributed by atoms with Crippen molar-refractivity contribution in [1.82, 2.24) is 14.8 Å². The lowest BCUT2D eigenvalue weighted by Gasteiger charge is -2.34. The van der Waals surface area contributed by atoms with E-state index in [1.165, 1.54) is 5.56 Å². The van der Waals surface area contributed by atoms with Crippen LogP contribution in [0, 0.1) is 0 Å². The lowest BCUT2D eigenvalue weighted by molar-refractivity contribution is 0.0636. The van der Waals surface area contributed by atoms with Gasteiger partial charge in [0.25, 0.3) is 5.91 Å². The normalized spacial score (nSPS) is 15.5. The summed E-state index contributed by atoms with van der Waals surface area (Å²) < 4.78 is 0. The molecule has 0 radical (unpaired) electrons. The number of amides is 1. The molecule has 2 heterocycles. The van der Waals surface area contributed by atoms with Crippen LogP contribution in [0.5, 0.6) is 0 Å². The number of piperazine rings is 1. The Balaban J connectivity index is 1.41. The molecule has 1 aliphatic heterocycles. The monoisotopic (exact) mass is 343 g/mol. The Bertz CT molecular complexity index is 669. The lowest BCUT2D eigenvalue weighted by atomic mass is 10.1. The molecule has 1 aromatic heterocycles. The van der Waals surface area contributed by atoms with E-state index in [1.54, 1.807) is 24.5 Å². The molecule has 0 bridgehead atoms. The average Bonchev–Trinajstić information content (AvgIpc) is 2.63. The molecule has 2 aromatic rings. The third-order valence-electron chi connectivity index (χ3n) is 4.42. The second-order valence-electron chi connectivity index (χ2n) is 6.10. The number of carbonyl (C=O) groups excluding carboxylic acids is 1. The molecule has 24 heavy (non-hydrogen) atoms. The van der Waals surface area contributed by atoms with Gasteiger partial charge in [-0.3, -0.25) is 14.7 Å². The van der Waals surface area contributed by atoms with Gasteiger partial charge in [0.1, 0.15) is 0 Å². The number of benzene rings is 1. The van der Waals surface area contributed by atoms with E-state index < -0.39 is 0 Å². The van der Waals surface area contributed by atoms with Gasteiger partial charge in [0.2, 0.25) is 0 Å². The van der Waals surface area contributed by atoms with Gasteiger partial charge in [0.15, 0.2) is 0 Å². The van der Waals surface area contributed by atoms with Gasteiger partial charge in [0, 0.05) is 49.2 Å². The van der Waals surface area contributed by atoms with E-state index in [2.05, 4.69) is 16.0 Å². The number of halogens is 1. The molecule has 4 nitrogen and oxygen atoms in total.